The van der Waals surface area contributed by atoms with Gasteiger partial charge in [-0.2, -0.15) is 0 Å². The molecule has 26 heavy (non-hydrogen) atoms. The number of ether oxygens (including phenoxy) is 1. The van der Waals surface area contributed by atoms with Crippen molar-refractivity contribution < 1.29 is 9.53 Å². The predicted molar refractivity (Wildman–Crippen MR) is 105 cm³/mol. The van der Waals surface area contributed by atoms with Crippen LogP contribution < -0.4 is 5.32 Å². The van der Waals surface area contributed by atoms with Crippen LogP contribution in [0.15, 0.2) is 11.6 Å². The van der Waals surface area contributed by atoms with Crippen LogP contribution >= 0.6 is 0 Å². The standard InChI is InChI=1S/C21H37N3O2/c1-20(2,3)26-19(25)24-12-10-23(11-13-24)9-8-22-15-16-6-7-17-14-18(16)21(17,4)5/h6,17-18,22H,7-15H2,1-5H3. The first-order valence-electron chi connectivity index (χ1n) is 10.3. The van der Waals surface area contributed by atoms with E-state index in [9.17, 15) is 4.79 Å². The van der Waals surface area contributed by atoms with Gasteiger partial charge in [0.25, 0.3) is 0 Å². The Hall–Kier alpha value is -1.07. The molecule has 148 valence electrons. The van der Waals surface area contributed by atoms with E-state index in [2.05, 4.69) is 30.1 Å². The summed E-state index contributed by atoms with van der Waals surface area (Å²) in [4.78, 5) is 16.4. The maximum atomic E-state index is 12.1. The molecule has 0 spiro atoms. The molecule has 0 aromatic heterocycles. The second-order valence-corrected chi connectivity index (χ2v) is 9.81. The lowest BCUT2D eigenvalue weighted by Gasteiger charge is -2.56. The second kappa shape index (κ2) is 7.51. The number of amides is 1. The third kappa shape index (κ3) is 4.42. The number of nitrogens with zero attached hydrogens (tertiary/aromatic N) is 2. The summed E-state index contributed by atoms with van der Waals surface area (Å²) in [7, 11) is 0. The molecule has 5 nitrogen and oxygen atoms in total. The van der Waals surface area contributed by atoms with Crippen LogP contribution in [0.4, 0.5) is 4.79 Å². The number of carbonyl (C=O) groups is 1. The van der Waals surface area contributed by atoms with Crippen molar-refractivity contribution in [1.82, 2.24) is 15.1 Å². The van der Waals surface area contributed by atoms with Crippen LogP contribution in [0.1, 0.15) is 47.5 Å². The van der Waals surface area contributed by atoms with Crippen LogP contribution in [0.5, 0.6) is 0 Å². The Bertz CT molecular complexity index is 542. The van der Waals surface area contributed by atoms with Gasteiger partial charge in [-0.3, -0.25) is 4.90 Å². The second-order valence-electron chi connectivity index (χ2n) is 9.81. The lowest BCUT2D eigenvalue weighted by molar-refractivity contribution is -0.00744. The number of rotatable bonds is 5. The molecule has 1 saturated heterocycles. The van der Waals surface area contributed by atoms with E-state index in [0.29, 0.717) is 5.41 Å². The normalized spacial score (nSPS) is 28.3. The number of hydrogen-bond donors (Lipinski definition) is 1. The summed E-state index contributed by atoms with van der Waals surface area (Å²) in [5.74, 6) is 1.71. The molecule has 4 aliphatic rings. The molecule has 2 atom stereocenters. The number of fused-ring (bicyclic) bond motifs is 1. The fourth-order valence-electron chi connectivity index (χ4n) is 4.63. The molecule has 3 aliphatic carbocycles. The number of allylic oxidation sites excluding steroid dienone is 1. The minimum absolute atomic E-state index is 0.180. The van der Waals surface area contributed by atoms with E-state index in [4.69, 9.17) is 4.74 Å². The van der Waals surface area contributed by atoms with Crippen molar-refractivity contribution in [3.05, 3.63) is 11.6 Å². The molecule has 0 radical (unpaired) electrons. The van der Waals surface area contributed by atoms with Crippen molar-refractivity contribution in [2.24, 2.45) is 17.3 Å². The van der Waals surface area contributed by atoms with Crippen molar-refractivity contribution in [3.63, 3.8) is 0 Å². The molecule has 1 aliphatic heterocycles. The Morgan fingerprint density at radius 2 is 1.96 bits per heavy atom. The average Bonchev–Trinajstić information content (AvgIpc) is 2.57. The van der Waals surface area contributed by atoms with Crippen LogP contribution in [0, 0.1) is 17.3 Å². The topological polar surface area (TPSA) is 44.8 Å². The van der Waals surface area contributed by atoms with Crippen molar-refractivity contribution in [2.45, 2.75) is 53.1 Å². The average molecular weight is 364 g/mol. The highest BCUT2D eigenvalue weighted by molar-refractivity contribution is 5.68. The number of hydrogen-bond acceptors (Lipinski definition) is 4. The molecule has 2 fully saturated rings. The molecule has 2 bridgehead atoms. The van der Waals surface area contributed by atoms with Gasteiger partial charge in [-0.1, -0.05) is 25.5 Å². The van der Waals surface area contributed by atoms with Crippen LogP contribution in [0.25, 0.3) is 0 Å². The van der Waals surface area contributed by atoms with Gasteiger partial charge in [-0.25, -0.2) is 4.79 Å². The van der Waals surface area contributed by atoms with Gasteiger partial charge in [0, 0.05) is 45.8 Å². The van der Waals surface area contributed by atoms with E-state index in [1.54, 1.807) is 5.57 Å². The zero-order valence-electron chi connectivity index (χ0n) is 17.3. The van der Waals surface area contributed by atoms with Crippen molar-refractivity contribution >= 4 is 6.09 Å². The lowest BCUT2D eigenvalue weighted by atomic mass is 9.49. The molecule has 0 aromatic carbocycles. The molecule has 1 saturated carbocycles. The quantitative estimate of drug-likeness (QED) is 0.602. The molecule has 5 heteroatoms. The Morgan fingerprint density at radius 1 is 1.27 bits per heavy atom. The highest BCUT2D eigenvalue weighted by Gasteiger charge is 2.50. The van der Waals surface area contributed by atoms with Crippen LogP contribution in [-0.4, -0.2) is 67.3 Å². The van der Waals surface area contributed by atoms with E-state index in [0.717, 1.165) is 57.6 Å². The zero-order chi connectivity index (χ0) is 18.9. The summed E-state index contributed by atoms with van der Waals surface area (Å²) in [6.07, 6.45) is 4.97. The Morgan fingerprint density at radius 3 is 2.54 bits per heavy atom. The third-order valence-electron chi connectivity index (χ3n) is 6.54. The van der Waals surface area contributed by atoms with Gasteiger partial charge in [0.05, 0.1) is 0 Å². The first-order valence-corrected chi connectivity index (χ1v) is 10.3. The minimum Gasteiger partial charge on any atom is -0.444 e. The Balaban J connectivity index is 1.31. The lowest BCUT2D eigenvalue weighted by Crippen LogP contribution is -2.51. The molecule has 1 amide bonds. The molecule has 1 heterocycles. The molecule has 2 unspecified atom stereocenters. The predicted octanol–water partition coefficient (Wildman–Crippen LogP) is 3.12. The summed E-state index contributed by atoms with van der Waals surface area (Å²) in [6, 6.07) is 0. The maximum Gasteiger partial charge on any atom is 0.410 e. The number of carbonyl (C=O) groups excluding carboxylic acids is 1. The van der Waals surface area contributed by atoms with Gasteiger partial charge in [0.15, 0.2) is 0 Å². The monoisotopic (exact) mass is 363 g/mol. The summed E-state index contributed by atoms with van der Waals surface area (Å²) in [5, 5.41) is 3.65. The molecule has 0 aromatic rings. The molecule has 1 N–H and O–H groups in total. The minimum atomic E-state index is -0.416. The number of nitrogens with one attached hydrogen (secondary N) is 1. The van der Waals surface area contributed by atoms with E-state index in [1.807, 2.05) is 25.7 Å². The van der Waals surface area contributed by atoms with Crippen molar-refractivity contribution in [3.8, 4) is 0 Å². The van der Waals surface area contributed by atoms with Crippen LogP contribution in [0.2, 0.25) is 0 Å². The first kappa shape index (κ1) is 19.7. The Kier molecular flexibility index (Phi) is 5.69. The first-order chi connectivity index (χ1) is 12.2. The summed E-state index contributed by atoms with van der Waals surface area (Å²) >= 11 is 0. The summed E-state index contributed by atoms with van der Waals surface area (Å²) in [6.45, 7) is 17.1. The van der Waals surface area contributed by atoms with Gasteiger partial charge in [0.1, 0.15) is 5.60 Å². The maximum absolute atomic E-state index is 12.1. The summed E-state index contributed by atoms with van der Waals surface area (Å²) in [5.41, 5.74) is 1.73. The summed E-state index contributed by atoms with van der Waals surface area (Å²) < 4.78 is 5.46. The fraction of sp³-hybridized carbons (Fsp3) is 0.857. The van der Waals surface area contributed by atoms with Gasteiger partial charge in [0.2, 0.25) is 0 Å². The van der Waals surface area contributed by atoms with Gasteiger partial charge >= 0.3 is 6.09 Å². The van der Waals surface area contributed by atoms with Crippen LogP contribution in [-0.2, 0) is 4.74 Å². The van der Waals surface area contributed by atoms with Gasteiger partial charge < -0.3 is 15.0 Å². The van der Waals surface area contributed by atoms with Crippen molar-refractivity contribution in [1.29, 1.82) is 0 Å². The van der Waals surface area contributed by atoms with E-state index >= 15 is 0 Å². The molecule has 4 rings (SSSR count). The van der Waals surface area contributed by atoms with E-state index < -0.39 is 5.60 Å². The van der Waals surface area contributed by atoms with Gasteiger partial charge in [-0.15, -0.1) is 0 Å². The van der Waals surface area contributed by atoms with Crippen molar-refractivity contribution in [2.75, 3.05) is 45.8 Å². The number of piperazine rings is 1. The smallest absolute Gasteiger partial charge is 0.410 e. The molecular weight excluding hydrogens is 326 g/mol. The largest absolute Gasteiger partial charge is 0.444 e. The Labute approximate surface area is 159 Å². The molecular formula is C21H37N3O2. The highest BCUT2D eigenvalue weighted by Crippen LogP contribution is 2.58. The van der Waals surface area contributed by atoms with E-state index in [-0.39, 0.29) is 6.09 Å². The third-order valence-corrected chi connectivity index (χ3v) is 6.54. The zero-order valence-corrected chi connectivity index (χ0v) is 17.3. The van der Waals surface area contributed by atoms with Crippen LogP contribution in [0.3, 0.4) is 0 Å². The van der Waals surface area contributed by atoms with Gasteiger partial charge in [-0.05, 0) is 50.9 Å². The fourth-order valence-corrected chi connectivity index (χ4v) is 4.63. The highest BCUT2D eigenvalue weighted by atomic mass is 16.6. The SMILES string of the molecule is CC(C)(C)OC(=O)N1CCN(CCNCC2=CCC3CC2C3(C)C)CC1. The van der Waals surface area contributed by atoms with E-state index in [1.165, 1.54) is 12.8 Å².